The second kappa shape index (κ2) is 3.59. The monoisotopic (exact) mass is 232 g/mol. The molecule has 1 aromatic carbocycles. The highest BCUT2D eigenvalue weighted by Crippen LogP contribution is 2.44. The van der Waals surface area contributed by atoms with Gasteiger partial charge in [-0.2, -0.15) is 0 Å². The van der Waals surface area contributed by atoms with Crippen molar-refractivity contribution in [2.45, 2.75) is 45.4 Å². The highest BCUT2D eigenvalue weighted by Gasteiger charge is 2.36. The molecule has 0 bridgehead atoms. The van der Waals surface area contributed by atoms with E-state index in [4.69, 9.17) is 4.74 Å². The molecule has 0 aliphatic carbocycles. The van der Waals surface area contributed by atoms with E-state index < -0.39 is 0 Å². The first-order chi connectivity index (χ1) is 7.75. The molecular formula is C15H20O2. The van der Waals surface area contributed by atoms with Crippen molar-refractivity contribution < 1.29 is 9.53 Å². The highest BCUT2D eigenvalue weighted by atomic mass is 16.5. The van der Waals surface area contributed by atoms with E-state index >= 15 is 0 Å². The van der Waals surface area contributed by atoms with Gasteiger partial charge in [-0.15, -0.1) is 0 Å². The Hall–Kier alpha value is -1.31. The van der Waals surface area contributed by atoms with Crippen LogP contribution in [-0.4, -0.2) is 12.9 Å². The third-order valence-corrected chi connectivity index (χ3v) is 3.36. The molecule has 0 amide bonds. The number of aldehydes is 1. The predicted octanol–water partition coefficient (Wildman–Crippen LogP) is 3.47. The molecule has 1 aromatic rings. The minimum atomic E-state index is -0.0104. The average molecular weight is 232 g/mol. The molecule has 17 heavy (non-hydrogen) atoms. The predicted molar refractivity (Wildman–Crippen MR) is 69.1 cm³/mol. The molecule has 0 saturated carbocycles. The van der Waals surface area contributed by atoms with Gasteiger partial charge in [-0.3, -0.25) is 4.79 Å². The summed E-state index contributed by atoms with van der Waals surface area (Å²) in [6.07, 6.45) is 0.921. The molecule has 0 atom stereocenters. The van der Waals surface area contributed by atoms with Crippen LogP contribution in [0.25, 0.3) is 0 Å². The molecule has 92 valence electrons. The van der Waals surface area contributed by atoms with Gasteiger partial charge in [0.25, 0.3) is 0 Å². The van der Waals surface area contributed by atoms with Gasteiger partial charge in [-0.25, -0.2) is 0 Å². The summed E-state index contributed by atoms with van der Waals surface area (Å²) in [6.45, 7) is 11.4. The number of rotatable bonds is 1. The Kier molecular flexibility index (Phi) is 2.57. The fourth-order valence-corrected chi connectivity index (χ4v) is 2.26. The summed E-state index contributed by atoms with van der Waals surface area (Å²) >= 11 is 0. The van der Waals surface area contributed by atoms with E-state index in [1.807, 2.05) is 12.1 Å². The molecule has 1 heterocycles. The minimum Gasteiger partial charge on any atom is -0.492 e. The molecule has 0 radical (unpaired) electrons. The lowest BCUT2D eigenvalue weighted by Crippen LogP contribution is -2.18. The third-order valence-electron chi connectivity index (χ3n) is 3.36. The quantitative estimate of drug-likeness (QED) is 0.693. The van der Waals surface area contributed by atoms with E-state index in [0.717, 1.165) is 28.7 Å². The van der Waals surface area contributed by atoms with Crippen molar-refractivity contribution in [3.8, 4) is 5.75 Å². The Morgan fingerprint density at radius 2 is 1.94 bits per heavy atom. The molecule has 2 rings (SSSR count). The number of hydrogen-bond acceptors (Lipinski definition) is 2. The second-order valence-electron chi connectivity index (χ2n) is 6.49. The molecule has 2 nitrogen and oxygen atoms in total. The molecule has 0 unspecified atom stereocenters. The number of hydrogen-bond donors (Lipinski definition) is 0. The lowest BCUT2D eigenvalue weighted by Gasteiger charge is -2.23. The highest BCUT2D eigenvalue weighted by molar-refractivity contribution is 5.77. The molecule has 0 N–H and O–H groups in total. The van der Waals surface area contributed by atoms with Crippen LogP contribution in [0, 0.1) is 0 Å². The molecule has 1 aliphatic heterocycles. The van der Waals surface area contributed by atoms with Crippen molar-refractivity contribution in [1.29, 1.82) is 0 Å². The topological polar surface area (TPSA) is 26.3 Å². The maximum atomic E-state index is 11.1. The van der Waals surface area contributed by atoms with Crippen LogP contribution >= 0.6 is 0 Å². The van der Waals surface area contributed by atoms with Crippen LogP contribution in [0.3, 0.4) is 0 Å². The first-order valence-corrected chi connectivity index (χ1v) is 6.03. The maximum Gasteiger partial charge on any atom is 0.150 e. The van der Waals surface area contributed by atoms with Gasteiger partial charge in [0, 0.05) is 22.1 Å². The standard InChI is InChI=1S/C15H20O2/c1-14(2,3)11-6-10(8-16)7-12-13(11)17-9-15(12,4)5/h6-8H,9H2,1-5H3. The van der Waals surface area contributed by atoms with Crippen molar-refractivity contribution in [2.24, 2.45) is 0 Å². The molecule has 0 aromatic heterocycles. The summed E-state index contributed by atoms with van der Waals surface area (Å²) in [5.41, 5.74) is 3.01. The van der Waals surface area contributed by atoms with Crippen LogP contribution in [0.15, 0.2) is 12.1 Å². The Balaban J connectivity index is 2.71. The van der Waals surface area contributed by atoms with E-state index in [9.17, 15) is 4.79 Å². The first kappa shape index (κ1) is 12.2. The summed E-state index contributed by atoms with van der Waals surface area (Å²) in [4.78, 5) is 11.1. The van der Waals surface area contributed by atoms with Crippen LogP contribution in [0.5, 0.6) is 5.75 Å². The van der Waals surface area contributed by atoms with E-state index in [-0.39, 0.29) is 10.8 Å². The number of carbonyl (C=O) groups is 1. The van der Waals surface area contributed by atoms with E-state index in [1.54, 1.807) is 0 Å². The normalized spacial score (nSPS) is 17.5. The molecule has 0 fully saturated rings. The average Bonchev–Trinajstić information content (AvgIpc) is 2.52. The zero-order chi connectivity index (χ0) is 12.8. The fraction of sp³-hybridized carbons (Fsp3) is 0.533. The zero-order valence-corrected chi connectivity index (χ0v) is 11.3. The van der Waals surface area contributed by atoms with Gasteiger partial charge < -0.3 is 4.74 Å². The zero-order valence-electron chi connectivity index (χ0n) is 11.3. The van der Waals surface area contributed by atoms with Crippen LogP contribution in [0.1, 0.15) is 56.1 Å². The Labute approximate surface area is 103 Å². The Morgan fingerprint density at radius 1 is 1.29 bits per heavy atom. The van der Waals surface area contributed by atoms with Crippen molar-refractivity contribution >= 4 is 6.29 Å². The molecule has 1 aliphatic rings. The molecule has 0 saturated heterocycles. The second-order valence-corrected chi connectivity index (χ2v) is 6.49. The number of carbonyl (C=O) groups excluding carboxylic acids is 1. The van der Waals surface area contributed by atoms with E-state index in [2.05, 4.69) is 34.6 Å². The number of fused-ring (bicyclic) bond motifs is 1. The van der Waals surface area contributed by atoms with Crippen molar-refractivity contribution in [1.82, 2.24) is 0 Å². The number of benzene rings is 1. The Bertz CT molecular complexity index is 465. The van der Waals surface area contributed by atoms with Crippen LogP contribution in [0.4, 0.5) is 0 Å². The van der Waals surface area contributed by atoms with Crippen molar-refractivity contribution in [3.05, 3.63) is 28.8 Å². The van der Waals surface area contributed by atoms with E-state index in [1.165, 1.54) is 0 Å². The van der Waals surface area contributed by atoms with Crippen LogP contribution in [0.2, 0.25) is 0 Å². The molecular weight excluding hydrogens is 212 g/mol. The van der Waals surface area contributed by atoms with Gasteiger partial charge in [-0.1, -0.05) is 34.6 Å². The summed E-state index contributed by atoms with van der Waals surface area (Å²) in [6, 6.07) is 3.91. The van der Waals surface area contributed by atoms with Gasteiger partial charge in [0.15, 0.2) is 0 Å². The van der Waals surface area contributed by atoms with E-state index in [0.29, 0.717) is 6.61 Å². The third kappa shape index (κ3) is 1.97. The van der Waals surface area contributed by atoms with Crippen molar-refractivity contribution in [2.75, 3.05) is 6.61 Å². The summed E-state index contributed by atoms with van der Waals surface area (Å²) in [5.74, 6) is 0.980. The molecule has 0 spiro atoms. The van der Waals surface area contributed by atoms with Gasteiger partial charge in [0.2, 0.25) is 0 Å². The maximum absolute atomic E-state index is 11.1. The summed E-state index contributed by atoms with van der Waals surface area (Å²) in [7, 11) is 0. The SMILES string of the molecule is CC(C)(C)c1cc(C=O)cc2c1OCC2(C)C. The van der Waals surface area contributed by atoms with Crippen LogP contribution < -0.4 is 4.74 Å². The first-order valence-electron chi connectivity index (χ1n) is 6.03. The lowest BCUT2D eigenvalue weighted by molar-refractivity contribution is 0.112. The van der Waals surface area contributed by atoms with Gasteiger partial charge in [0.05, 0.1) is 6.61 Å². The Morgan fingerprint density at radius 3 is 2.47 bits per heavy atom. The molecule has 2 heteroatoms. The van der Waals surface area contributed by atoms with Gasteiger partial charge in [0.1, 0.15) is 12.0 Å². The van der Waals surface area contributed by atoms with Gasteiger partial charge in [-0.05, 0) is 17.5 Å². The summed E-state index contributed by atoms with van der Waals surface area (Å²) < 4.78 is 5.85. The number of ether oxygens (including phenoxy) is 1. The largest absolute Gasteiger partial charge is 0.492 e. The smallest absolute Gasteiger partial charge is 0.150 e. The van der Waals surface area contributed by atoms with Crippen LogP contribution in [-0.2, 0) is 10.8 Å². The minimum absolute atomic E-state index is 0.00560. The summed E-state index contributed by atoms with van der Waals surface area (Å²) in [5, 5.41) is 0. The van der Waals surface area contributed by atoms with Gasteiger partial charge >= 0.3 is 0 Å². The fourth-order valence-electron chi connectivity index (χ4n) is 2.26. The van der Waals surface area contributed by atoms with Crippen molar-refractivity contribution in [3.63, 3.8) is 0 Å². The lowest BCUT2D eigenvalue weighted by atomic mass is 9.79.